The number of likely N-dealkylation sites (N-methyl/N-ethyl adjacent to an activating group) is 1. The molecule has 1 N–H and O–H groups in total. The number of hydrogen-bond acceptors (Lipinski definition) is 5. The number of amides is 2. The van der Waals surface area contributed by atoms with Gasteiger partial charge in [-0.1, -0.05) is 49.1 Å². The van der Waals surface area contributed by atoms with Crippen LogP contribution >= 0.6 is 0 Å². The van der Waals surface area contributed by atoms with Gasteiger partial charge in [0, 0.05) is 43.6 Å². The molecule has 0 unspecified atom stereocenters. The molecule has 1 fully saturated rings. The van der Waals surface area contributed by atoms with Crippen LogP contribution in [0.1, 0.15) is 48.2 Å². The summed E-state index contributed by atoms with van der Waals surface area (Å²) in [6.45, 7) is 4.48. The lowest BCUT2D eigenvalue weighted by Gasteiger charge is -2.37. The highest BCUT2D eigenvalue weighted by molar-refractivity contribution is 5.97. The van der Waals surface area contributed by atoms with E-state index >= 15 is 0 Å². The van der Waals surface area contributed by atoms with E-state index < -0.39 is 0 Å². The Hall–Kier alpha value is -3.37. The van der Waals surface area contributed by atoms with Gasteiger partial charge in [-0.3, -0.25) is 9.59 Å². The molecule has 7 heteroatoms. The zero-order valence-electron chi connectivity index (χ0n) is 20.6. The second-order valence-corrected chi connectivity index (χ2v) is 9.66. The summed E-state index contributed by atoms with van der Waals surface area (Å²) >= 11 is 0. The third-order valence-corrected chi connectivity index (χ3v) is 6.65. The quantitative estimate of drug-likeness (QED) is 0.650. The number of aromatic nitrogens is 1. The number of pyridine rings is 1. The van der Waals surface area contributed by atoms with Crippen molar-refractivity contribution in [2.45, 2.75) is 45.3 Å². The normalized spacial score (nSPS) is 20.5. The second kappa shape index (κ2) is 10.9. The predicted octanol–water partition coefficient (Wildman–Crippen LogP) is 2.76. The Labute approximate surface area is 207 Å². The van der Waals surface area contributed by atoms with Gasteiger partial charge in [0.2, 0.25) is 11.8 Å². The number of ether oxygens (including phenoxy) is 1. The molecular formula is C28H33N3O4. The Morgan fingerprint density at radius 2 is 2.06 bits per heavy atom. The molecule has 35 heavy (non-hydrogen) atoms. The highest BCUT2D eigenvalue weighted by Gasteiger charge is 2.37. The van der Waals surface area contributed by atoms with Gasteiger partial charge < -0.3 is 19.6 Å². The van der Waals surface area contributed by atoms with Crippen LogP contribution in [0.2, 0.25) is 0 Å². The van der Waals surface area contributed by atoms with E-state index in [2.05, 4.69) is 16.8 Å². The maximum Gasteiger partial charge on any atom is 0.259 e. The van der Waals surface area contributed by atoms with Gasteiger partial charge in [-0.2, -0.15) is 0 Å². The number of benzene rings is 1. The summed E-state index contributed by atoms with van der Waals surface area (Å²) < 4.78 is 6.27. The van der Waals surface area contributed by atoms with Crippen LogP contribution in [-0.4, -0.2) is 70.6 Å². The molecule has 1 saturated carbocycles. The van der Waals surface area contributed by atoms with Gasteiger partial charge >= 0.3 is 0 Å². The molecule has 1 aromatic heterocycles. The number of hydrogen-bond donors (Lipinski definition) is 1. The molecule has 4 rings (SSSR count). The third kappa shape index (κ3) is 6.01. The van der Waals surface area contributed by atoms with Crippen molar-refractivity contribution >= 4 is 11.8 Å². The van der Waals surface area contributed by atoms with Gasteiger partial charge in [0.15, 0.2) is 0 Å². The highest BCUT2D eigenvalue weighted by Crippen LogP contribution is 2.32. The molecule has 2 aromatic rings. The van der Waals surface area contributed by atoms with Crippen LogP contribution in [0.15, 0.2) is 42.6 Å². The van der Waals surface area contributed by atoms with Crippen LogP contribution in [-0.2, 0) is 11.2 Å². The lowest BCUT2D eigenvalue weighted by atomic mass is 9.99. The molecular weight excluding hydrogens is 442 g/mol. The number of carbonyl (C=O) groups excluding carboxylic acids is 2. The number of aliphatic hydroxyl groups is 1. The molecule has 0 spiro atoms. The summed E-state index contributed by atoms with van der Waals surface area (Å²) in [5.41, 5.74) is 2.06. The maximum absolute atomic E-state index is 13.5. The number of carbonyl (C=O) groups is 2. The van der Waals surface area contributed by atoms with Crippen molar-refractivity contribution < 1.29 is 19.4 Å². The Kier molecular flexibility index (Phi) is 7.72. The zero-order valence-corrected chi connectivity index (χ0v) is 20.6. The van der Waals surface area contributed by atoms with E-state index in [0.29, 0.717) is 30.6 Å². The lowest BCUT2D eigenvalue weighted by molar-refractivity contribution is -0.132. The molecule has 3 atom stereocenters. The SMILES string of the molecule is C[C@@H]1CN([C@@H](C)CO)C(=O)c2cc(C#CCc3ccccc3)cnc2O[C@@H]1CN(C)C(=O)C1CC1. The summed E-state index contributed by atoms with van der Waals surface area (Å²) in [6, 6.07) is 11.3. The lowest BCUT2D eigenvalue weighted by Crippen LogP contribution is -2.50. The van der Waals surface area contributed by atoms with Crippen molar-refractivity contribution in [3.63, 3.8) is 0 Å². The maximum atomic E-state index is 13.5. The minimum Gasteiger partial charge on any atom is -0.472 e. The van der Waals surface area contributed by atoms with Gasteiger partial charge in [0.1, 0.15) is 11.7 Å². The number of nitrogens with zero attached hydrogens (tertiary/aromatic N) is 3. The minimum atomic E-state index is -0.366. The van der Waals surface area contributed by atoms with Gasteiger partial charge in [-0.15, -0.1) is 0 Å². The number of fused-ring (bicyclic) bond motifs is 1. The summed E-state index contributed by atoms with van der Waals surface area (Å²) in [4.78, 5) is 33.9. The molecule has 184 valence electrons. The monoisotopic (exact) mass is 475 g/mol. The van der Waals surface area contributed by atoms with Crippen molar-refractivity contribution in [2.24, 2.45) is 11.8 Å². The van der Waals surface area contributed by atoms with Crippen molar-refractivity contribution in [3.05, 3.63) is 59.3 Å². The Morgan fingerprint density at radius 1 is 1.31 bits per heavy atom. The van der Waals surface area contributed by atoms with Crippen LogP contribution in [0.25, 0.3) is 0 Å². The smallest absolute Gasteiger partial charge is 0.259 e. The van der Waals surface area contributed by atoms with Crippen LogP contribution < -0.4 is 4.74 Å². The average molecular weight is 476 g/mol. The fraction of sp³-hybridized carbons (Fsp3) is 0.464. The summed E-state index contributed by atoms with van der Waals surface area (Å²) in [5, 5.41) is 9.82. The standard InChI is InChI=1S/C28H33N3O4/c1-19-16-31(20(2)18-32)28(34)24-14-22(11-7-10-21-8-5-4-6-9-21)15-29-26(24)35-25(19)17-30(3)27(33)23-12-13-23/h4-6,8-9,14-15,19-20,23,25,32H,10,12-13,16-18H2,1-3H3/t19-,20+,25-/m1/s1. The molecule has 0 bridgehead atoms. The van der Waals surface area contributed by atoms with E-state index in [0.717, 1.165) is 18.4 Å². The van der Waals surface area contributed by atoms with E-state index in [1.54, 1.807) is 29.1 Å². The van der Waals surface area contributed by atoms with Gasteiger partial charge in [0.05, 0.1) is 19.2 Å². The van der Waals surface area contributed by atoms with Crippen LogP contribution in [0, 0.1) is 23.7 Å². The van der Waals surface area contributed by atoms with E-state index in [-0.39, 0.29) is 48.3 Å². The first-order chi connectivity index (χ1) is 16.9. The fourth-order valence-corrected chi connectivity index (χ4v) is 4.23. The molecule has 0 radical (unpaired) electrons. The molecule has 2 heterocycles. The molecule has 7 nitrogen and oxygen atoms in total. The Balaban J connectivity index is 1.61. The molecule has 1 aliphatic heterocycles. The van der Waals surface area contributed by atoms with Crippen molar-refractivity contribution in [1.82, 2.24) is 14.8 Å². The first-order valence-electron chi connectivity index (χ1n) is 12.2. The minimum absolute atomic E-state index is 0.0670. The third-order valence-electron chi connectivity index (χ3n) is 6.65. The van der Waals surface area contributed by atoms with E-state index in [1.165, 1.54) is 0 Å². The predicted molar refractivity (Wildman–Crippen MR) is 133 cm³/mol. The van der Waals surface area contributed by atoms with Gasteiger partial charge in [-0.25, -0.2) is 4.98 Å². The van der Waals surface area contributed by atoms with Crippen LogP contribution in [0.4, 0.5) is 0 Å². The second-order valence-electron chi connectivity index (χ2n) is 9.66. The first-order valence-corrected chi connectivity index (χ1v) is 12.2. The first kappa shape index (κ1) is 24.7. The van der Waals surface area contributed by atoms with E-state index in [4.69, 9.17) is 4.74 Å². The zero-order chi connectivity index (χ0) is 24.9. The van der Waals surface area contributed by atoms with Crippen molar-refractivity contribution in [1.29, 1.82) is 0 Å². The van der Waals surface area contributed by atoms with Crippen molar-refractivity contribution in [2.75, 3.05) is 26.7 Å². The van der Waals surface area contributed by atoms with Crippen LogP contribution in [0.5, 0.6) is 5.88 Å². The molecule has 2 amide bonds. The Morgan fingerprint density at radius 3 is 2.74 bits per heavy atom. The Bertz CT molecular complexity index is 1120. The van der Waals surface area contributed by atoms with Gasteiger partial charge in [0.25, 0.3) is 5.91 Å². The largest absolute Gasteiger partial charge is 0.472 e. The summed E-state index contributed by atoms with van der Waals surface area (Å²) in [7, 11) is 1.80. The topological polar surface area (TPSA) is 83.0 Å². The van der Waals surface area contributed by atoms with Gasteiger partial charge in [-0.05, 0) is 31.4 Å². The fourth-order valence-electron chi connectivity index (χ4n) is 4.23. The average Bonchev–Trinajstić information content (AvgIpc) is 3.71. The molecule has 0 saturated heterocycles. The molecule has 1 aliphatic carbocycles. The molecule has 1 aromatic carbocycles. The van der Waals surface area contributed by atoms with E-state index in [1.807, 2.05) is 44.2 Å². The number of rotatable bonds is 6. The highest BCUT2D eigenvalue weighted by atomic mass is 16.5. The van der Waals surface area contributed by atoms with Crippen LogP contribution in [0.3, 0.4) is 0 Å². The van der Waals surface area contributed by atoms with E-state index in [9.17, 15) is 14.7 Å². The summed E-state index contributed by atoms with van der Waals surface area (Å²) in [5.74, 6) is 6.44. The molecule has 2 aliphatic rings. The summed E-state index contributed by atoms with van der Waals surface area (Å²) in [6.07, 6.45) is 3.76. The van der Waals surface area contributed by atoms with Crippen molar-refractivity contribution in [3.8, 4) is 17.7 Å². The number of aliphatic hydroxyl groups excluding tert-OH is 1.